The van der Waals surface area contributed by atoms with E-state index in [1.165, 1.54) is 12.1 Å². The molecule has 2 rings (SSSR count). The Labute approximate surface area is 115 Å². The first-order valence-electron chi connectivity index (χ1n) is 6.19. The van der Waals surface area contributed by atoms with Gasteiger partial charge in [-0.05, 0) is 24.3 Å². The van der Waals surface area contributed by atoms with Crippen LogP contribution in [0.4, 0.5) is 4.39 Å². The number of nitrogens with one attached hydrogen (secondary N) is 1. The van der Waals surface area contributed by atoms with Crippen molar-refractivity contribution in [3.63, 3.8) is 0 Å². The molecule has 0 saturated heterocycles. The van der Waals surface area contributed by atoms with E-state index in [0.29, 0.717) is 12.0 Å². The van der Waals surface area contributed by atoms with Gasteiger partial charge in [-0.3, -0.25) is 4.79 Å². The number of amides is 1. The number of carbonyl (C=O) groups is 1. The molecule has 0 atom stereocenters. The molecule has 20 heavy (non-hydrogen) atoms. The minimum atomic E-state index is -0.516. The summed E-state index contributed by atoms with van der Waals surface area (Å²) in [6.07, 6.45) is 0.706. The summed E-state index contributed by atoms with van der Waals surface area (Å²) in [4.78, 5) is 11.8. The molecule has 0 saturated carbocycles. The van der Waals surface area contributed by atoms with Gasteiger partial charge in [-0.25, -0.2) is 4.39 Å². The zero-order chi connectivity index (χ0) is 14.5. The van der Waals surface area contributed by atoms with Crippen LogP contribution >= 0.6 is 0 Å². The highest BCUT2D eigenvalue weighted by Gasteiger charge is 2.11. The predicted molar refractivity (Wildman–Crippen MR) is 70.4 cm³/mol. The van der Waals surface area contributed by atoms with Crippen LogP contribution in [0.1, 0.15) is 34.4 Å². The molecule has 0 aliphatic heterocycles. The molecule has 0 unspecified atom stereocenters. The third kappa shape index (κ3) is 3.04. The van der Waals surface area contributed by atoms with Crippen LogP contribution in [0.2, 0.25) is 0 Å². The van der Waals surface area contributed by atoms with E-state index in [-0.39, 0.29) is 17.9 Å². The lowest BCUT2D eigenvalue weighted by atomic mass is 10.1. The number of aryl methyl sites for hydroxylation is 1. The largest absolute Gasteiger partial charge is 0.456 e. The molecule has 2 aromatic rings. The Kier molecular flexibility index (Phi) is 4.16. The Bertz CT molecular complexity index is 671. The van der Waals surface area contributed by atoms with Crippen molar-refractivity contribution >= 4 is 5.91 Å². The summed E-state index contributed by atoms with van der Waals surface area (Å²) in [5.41, 5.74) is 0.566. The number of hydrogen-bond donors (Lipinski definition) is 1. The highest BCUT2D eigenvalue weighted by Crippen LogP contribution is 2.11. The number of hydrogen-bond acceptors (Lipinski definition) is 3. The fraction of sp³-hybridized carbons (Fsp3) is 0.200. The molecular formula is C15H13FN2O2. The van der Waals surface area contributed by atoms with E-state index in [4.69, 9.17) is 9.68 Å². The minimum absolute atomic E-state index is 0.0402. The topological polar surface area (TPSA) is 66.0 Å². The highest BCUT2D eigenvalue weighted by molar-refractivity contribution is 5.91. The van der Waals surface area contributed by atoms with Gasteiger partial charge < -0.3 is 9.73 Å². The average molecular weight is 272 g/mol. The monoisotopic (exact) mass is 272 g/mol. The SMILES string of the molecule is CCc1ccc(C(=O)NCc2ccc(C#N)cc2F)o1. The van der Waals surface area contributed by atoms with Gasteiger partial charge in [0, 0.05) is 18.5 Å². The Morgan fingerprint density at radius 1 is 1.40 bits per heavy atom. The minimum Gasteiger partial charge on any atom is -0.456 e. The van der Waals surface area contributed by atoms with Crippen LogP contribution in [-0.4, -0.2) is 5.91 Å². The summed E-state index contributed by atoms with van der Waals surface area (Å²) in [5.74, 6) is 0.0158. The lowest BCUT2D eigenvalue weighted by molar-refractivity contribution is 0.0921. The molecule has 102 valence electrons. The summed E-state index contributed by atoms with van der Waals surface area (Å²) in [5, 5.41) is 11.2. The third-order valence-corrected chi connectivity index (χ3v) is 2.86. The predicted octanol–water partition coefficient (Wildman–Crippen LogP) is 2.78. The number of benzene rings is 1. The van der Waals surface area contributed by atoms with Gasteiger partial charge in [0.25, 0.3) is 5.91 Å². The second-order valence-electron chi connectivity index (χ2n) is 4.22. The first-order valence-corrected chi connectivity index (χ1v) is 6.19. The molecule has 0 aliphatic carbocycles. The van der Waals surface area contributed by atoms with Crippen molar-refractivity contribution in [1.82, 2.24) is 5.32 Å². The van der Waals surface area contributed by atoms with Gasteiger partial charge in [-0.1, -0.05) is 13.0 Å². The molecule has 0 radical (unpaired) electrons. The fourth-order valence-electron chi connectivity index (χ4n) is 1.71. The molecule has 0 aliphatic rings. The van der Waals surface area contributed by atoms with Crippen LogP contribution in [0, 0.1) is 17.1 Å². The molecule has 1 N–H and O–H groups in total. The summed E-state index contributed by atoms with van der Waals surface area (Å²) >= 11 is 0. The van der Waals surface area contributed by atoms with Crippen LogP contribution in [0.25, 0.3) is 0 Å². The van der Waals surface area contributed by atoms with Gasteiger partial charge in [0.2, 0.25) is 0 Å². The Balaban J connectivity index is 2.01. The quantitative estimate of drug-likeness (QED) is 0.930. The number of nitriles is 1. The maximum absolute atomic E-state index is 13.6. The second kappa shape index (κ2) is 6.02. The van der Waals surface area contributed by atoms with E-state index in [2.05, 4.69) is 5.32 Å². The van der Waals surface area contributed by atoms with Gasteiger partial charge in [0.1, 0.15) is 11.6 Å². The first kappa shape index (κ1) is 13.8. The molecule has 1 aromatic heterocycles. The normalized spacial score (nSPS) is 10.1. The van der Waals surface area contributed by atoms with Gasteiger partial charge in [-0.2, -0.15) is 5.26 Å². The zero-order valence-corrected chi connectivity index (χ0v) is 10.9. The van der Waals surface area contributed by atoms with E-state index in [0.717, 1.165) is 11.8 Å². The summed E-state index contributed by atoms with van der Waals surface area (Å²) < 4.78 is 18.9. The molecule has 5 heteroatoms. The number of nitrogens with zero attached hydrogens (tertiary/aromatic N) is 1. The van der Waals surface area contributed by atoms with E-state index in [9.17, 15) is 9.18 Å². The summed E-state index contributed by atoms with van der Waals surface area (Å²) in [6.45, 7) is 1.96. The van der Waals surface area contributed by atoms with Crippen molar-refractivity contribution in [2.75, 3.05) is 0 Å². The smallest absolute Gasteiger partial charge is 0.287 e. The molecule has 1 amide bonds. The van der Waals surface area contributed by atoms with E-state index < -0.39 is 11.7 Å². The molecular weight excluding hydrogens is 259 g/mol. The zero-order valence-electron chi connectivity index (χ0n) is 10.9. The Hall–Kier alpha value is -2.61. The van der Waals surface area contributed by atoms with Gasteiger partial charge >= 0.3 is 0 Å². The Morgan fingerprint density at radius 2 is 2.20 bits per heavy atom. The van der Waals surface area contributed by atoms with Crippen LogP contribution in [-0.2, 0) is 13.0 Å². The van der Waals surface area contributed by atoms with Crippen LogP contribution in [0.3, 0.4) is 0 Å². The van der Waals surface area contributed by atoms with Crippen LogP contribution in [0.15, 0.2) is 34.7 Å². The van der Waals surface area contributed by atoms with E-state index in [1.807, 2.05) is 13.0 Å². The van der Waals surface area contributed by atoms with Crippen molar-refractivity contribution in [3.05, 3.63) is 58.8 Å². The fourth-order valence-corrected chi connectivity index (χ4v) is 1.71. The number of carbonyl (C=O) groups excluding carboxylic acids is 1. The number of furan rings is 1. The van der Waals surface area contributed by atoms with Crippen molar-refractivity contribution in [2.45, 2.75) is 19.9 Å². The number of halogens is 1. The van der Waals surface area contributed by atoms with Gasteiger partial charge in [-0.15, -0.1) is 0 Å². The molecule has 0 spiro atoms. The molecule has 1 aromatic carbocycles. The molecule has 4 nitrogen and oxygen atoms in total. The molecule has 0 bridgehead atoms. The van der Waals surface area contributed by atoms with E-state index >= 15 is 0 Å². The second-order valence-corrected chi connectivity index (χ2v) is 4.22. The first-order chi connectivity index (χ1) is 9.63. The highest BCUT2D eigenvalue weighted by atomic mass is 19.1. The molecule has 0 fully saturated rings. The Morgan fingerprint density at radius 3 is 2.80 bits per heavy atom. The van der Waals surface area contributed by atoms with Crippen molar-refractivity contribution in [2.24, 2.45) is 0 Å². The van der Waals surface area contributed by atoms with Gasteiger partial charge in [0.05, 0.1) is 11.6 Å². The van der Waals surface area contributed by atoms with Crippen LogP contribution < -0.4 is 5.32 Å². The summed E-state index contributed by atoms with van der Waals surface area (Å²) in [7, 11) is 0. The van der Waals surface area contributed by atoms with Crippen molar-refractivity contribution in [1.29, 1.82) is 5.26 Å². The van der Waals surface area contributed by atoms with E-state index in [1.54, 1.807) is 12.1 Å². The average Bonchev–Trinajstić information content (AvgIpc) is 2.94. The van der Waals surface area contributed by atoms with Crippen molar-refractivity contribution < 1.29 is 13.6 Å². The lowest BCUT2D eigenvalue weighted by Gasteiger charge is -2.05. The van der Waals surface area contributed by atoms with Crippen molar-refractivity contribution in [3.8, 4) is 6.07 Å². The summed E-state index contributed by atoms with van der Waals surface area (Å²) in [6, 6.07) is 9.30. The maximum atomic E-state index is 13.6. The third-order valence-electron chi connectivity index (χ3n) is 2.86. The maximum Gasteiger partial charge on any atom is 0.287 e. The lowest BCUT2D eigenvalue weighted by Crippen LogP contribution is -2.22. The molecule has 1 heterocycles. The number of rotatable bonds is 4. The van der Waals surface area contributed by atoms with Crippen LogP contribution in [0.5, 0.6) is 0 Å². The van der Waals surface area contributed by atoms with Gasteiger partial charge in [0.15, 0.2) is 5.76 Å². The standard InChI is InChI=1S/C15H13FN2O2/c1-2-12-5-6-14(20-12)15(19)18-9-11-4-3-10(8-17)7-13(11)16/h3-7H,2,9H2,1H3,(H,18,19).